The fourth-order valence-electron chi connectivity index (χ4n) is 8.56. The summed E-state index contributed by atoms with van der Waals surface area (Å²) in [5.41, 5.74) is 3.30. The Labute approximate surface area is 300 Å². The summed E-state index contributed by atoms with van der Waals surface area (Å²) in [5, 5.41) is 8.87. The van der Waals surface area contributed by atoms with Gasteiger partial charge >= 0.3 is 0 Å². The molecule has 2 saturated heterocycles. The van der Waals surface area contributed by atoms with Crippen molar-refractivity contribution >= 4 is 23.4 Å². The molecule has 50 heavy (non-hydrogen) atoms. The van der Waals surface area contributed by atoms with E-state index in [0.29, 0.717) is 42.7 Å². The summed E-state index contributed by atoms with van der Waals surface area (Å²) in [6, 6.07) is 22.8. The number of rotatable bonds is 10. The van der Waals surface area contributed by atoms with Crippen molar-refractivity contribution < 1.29 is 9.59 Å². The van der Waals surface area contributed by atoms with E-state index in [9.17, 15) is 9.59 Å². The van der Waals surface area contributed by atoms with Crippen molar-refractivity contribution in [1.82, 2.24) is 34.9 Å². The number of hydrogen-bond donors (Lipinski definition) is 1. The lowest BCUT2D eigenvalue weighted by molar-refractivity contribution is -0.137. The van der Waals surface area contributed by atoms with Crippen LogP contribution in [-0.2, 0) is 17.8 Å². The quantitative estimate of drug-likeness (QED) is 0.192. The second-order valence-electron chi connectivity index (χ2n) is 14.4. The minimum absolute atomic E-state index is 0.0973. The van der Waals surface area contributed by atoms with Gasteiger partial charge < -0.3 is 9.80 Å². The zero-order valence-electron chi connectivity index (χ0n) is 28.8. The highest BCUT2D eigenvalue weighted by molar-refractivity contribution is 6.30. The number of carbonyl (C=O) groups excluding carboxylic acids is 2. The van der Waals surface area contributed by atoms with Gasteiger partial charge in [0, 0.05) is 36.8 Å². The molecule has 0 spiro atoms. The monoisotopic (exact) mass is 693 g/mol. The van der Waals surface area contributed by atoms with E-state index in [2.05, 4.69) is 20.3 Å². The summed E-state index contributed by atoms with van der Waals surface area (Å²) in [5.74, 6) is 0.623. The van der Waals surface area contributed by atoms with E-state index in [-0.39, 0.29) is 23.4 Å². The molecule has 7 rings (SSSR count). The van der Waals surface area contributed by atoms with Gasteiger partial charge in [-0.25, -0.2) is 9.97 Å². The van der Waals surface area contributed by atoms with E-state index in [1.807, 2.05) is 82.6 Å². The SMILES string of the molecule is O=C([C@@H](Cc1ccc(Cl)cc1)NC1CCCCN1C(=O)c1cccc(-c2ccccc2)n1)N1CCC(Cn2cncn2)(C2CCCCC2)CC1. The third kappa shape index (κ3) is 7.94. The van der Waals surface area contributed by atoms with Crippen molar-refractivity contribution in [2.75, 3.05) is 19.6 Å². The molecule has 1 N–H and O–H groups in total. The number of hydrogen-bond acceptors (Lipinski definition) is 6. The largest absolute Gasteiger partial charge is 0.341 e. The summed E-state index contributed by atoms with van der Waals surface area (Å²) >= 11 is 6.24. The Morgan fingerprint density at radius 1 is 0.860 bits per heavy atom. The molecule has 4 aromatic rings. The molecule has 9 nitrogen and oxygen atoms in total. The Kier molecular flexibility index (Phi) is 10.9. The molecule has 3 aliphatic rings. The first-order valence-corrected chi connectivity index (χ1v) is 18.8. The van der Waals surface area contributed by atoms with Crippen molar-refractivity contribution in [1.29, 1.82) is 0 Å². The average Bonchev–Trinajstić information content (AvgIpc) is 3.69. The zero-order valence-corrected chi connectivity index (χ0v) is 29.6. The van der Waals surface area contributed by atoms with Gasteiger partial charge in [-0.1, -0.05) is 79.4 Å². The van der Waals surface area contributed by atoms with Gasteiger partial charge in [0.05, 0.1) is 17.9 Å². The fourth-order valence-corrected chi connectivity index (χ4v) is 8.69. The van der Waals surface area contributed by atoms with E-state index in [1.165, 1.54) is 32.1 Å². The lowest BCUT2D eigenvalue weighted by atomic mass is 9.63. The Morgan fingerprint density at radius 2 is 1.62 bits per heavy atom. The van der Waals surface area contributed by atoms with Crippen molar-refractivity contribution in [3.05, 3.63) is 102 Å². The summed E-state index contributed by atoms with van der Waals surface area (Å²) in [7, 11) is 0. The number of piperidine rings is 2. The van der Waals surface area contributed by atoms with E-state index >= 15 is 0 Å². The Hall–Kier alpha value is -4.08. The minimum Gasteiger partial charge on any atom is -0.341 e. The summed E-state index contributed by atoms with van der Waals surface area (Å²) < 4.78 is 2.00. The van der Waals surface area contributed by atoms with Gasteiger partial charge in [0.25, 0.3) is 5.91 Å². The molecule has 0 radical (unpaired) electrons. The van der Waals surface area contributed by atoms with Gasteiger partial charge in [0.15, 0.2) is 0 Å². The number of nitrogens with one attached hydrogen (secondary N) is 1. The molecule has 2 atom stereocenters. The van der Waals surface area contributed by atoms with E-state index < -0.39 is 6.04 Å². The van der Waals surface area contributed by atoms with Gasteiger partial charge in [-0.2, -0.15) is 5.10 Å². The van der Waals surface area contributed by atoms with Gasteiger partial charge in [0.1, 0.15) is 18.3 Å². The molecule has 262 valence electrons. The van der Waals surface area contributed by atoms with E-state index in [1.54, 1.807) is 12.4 Å². The molecule has 4 heterocycles. The second kappa shape index (κ2) is 15.9. The predicted molar refractivity (Wildman–Crippen MR) is 195 cm³/mol. The van der Waals surface area contributed by atoms with Crippen LogP contribution in [0.4, 0.5) is 0 Å². The number of carbonyl (C=O) groups is 2. The third-order valence-electron chi connectivity index (χ3n) is 11.3. The van der Waals surface area contributed by atoms with Crippen LogP contribution < -0.4 is 5.32 Å². The van der Waals surface area contributed by atoms with Crippen LogP contribution in [0.1, 0.15) is 80.3 Å². The smallest absolute Gasteiger partial charge is 0.273 e. The molecule has 2 amide bonds. The van der Waals surface area contributed by atoms with Crippen LogP contribution in [0, 0.1) is 11.3 Å². The zero-order chi connectivity index (χ0) is 34.3. The van der Waals surface area contributed by atoms with Crippen LogP contribution in [-0.4, -0.2) is 73.2 Å². The standard InChI is InChI=1S/C40H48ClN7O2/c41-33-19-17-30(18-20-33)26-36(38(49)46-24-21-40(22-25-46,27-47-29-42-28-43-47)32-12-5-2-6-13-32)45-37-16-7-8-23-48(37)39(50)35-15-9-14-34(44-35)31-10-3-1-4-11-31/h1,3-4,9-11,14-15,17-20,28-29,32,36-37,45H,2,5-8,12-13,16,21-27H2/t36-,37?/m1/s1. The summed E-state index contributed by atoms with van der Waals surface area (Å²) in [6.07, 6.45) is 14.6. The van der Waals surface area contributed by atoms with Crippen molar-refractivity contribution in [2.45, 2.75) is 89.4 Å². The number of pyridine rings is 1. The maximum absolute atomic E-state index is 14.6. The molecule has 2 aromatic carbocycles. The normalized spacial score (nSPS) is 20.4. The Balaban J connectivity index is 1.10. The van der Waals surface area contributed by atoms with Gasteiger partial charge in [-0.15, -0.1) is 0 Å². The molecule has 2 aromatic heterocycles. The molecule has 3 fully saturated rings. The second-order valence-corrected chi connectivity index (χ2v) is 14.9. The number of halogens is 1. The maximum atomic E-state index is 14.6. The minimum atomic E-state index is -0.490. The lowest BCUT2D eigenvalue weighted by Gasteiger charge is -2.48. The molecule has 1 unspecified atom stereocenters. The number of amides is 2. The van der Waals surface area contributed by atoms with Crippen LogP contribution in [0.3, 0.4) is 0 Å². The molecule has 1 aliphatic carbocycles. The summed E-state index contributed by atoms with van der Waals surface area (Å²) in [6.45, 7) is 2.90. The van der Waals surface area contributed by atoms with E-state index in [4.69, 9.17) is 16.6 Å². The number of aromatic nitrogens is 4. The molecular formula is C40H48ClN7O2. The van der Waals surface area contributed by atoms with Crippen molar-refractivity contribution in [3.63, 3.8) is 0 Å². The van der Waals surface area contributed by atoms with Crippen molar-refractivity contribution in [2.24, 2.45) is 11.3 Å². The van der Waals surface area contributed by atoms with Crippen LogP contribution in [0.15, 0.2) is 85.5 Å². The third-order valence-corrected chi connectivity index (χ3v) is 11.6. The predicted octanol–water partition coefficient (Wildman–Crippen LogP) is 7.04. The lowest BCUT2D eigenvalue weighted by Crippen LogP contribution is -2.60. The summed E-state index contributed by atoms with van der Waals surface area (Å²) in [4.78, 5) is 41.6. The first-order valence-electron chi connectivity index (χ1n) is 18.4. The van der Waals surface area contributed by atoms with Gasteiger partial charge in [-0.3, -0.25) is 19.6 Å². The van der Waals surface area contributed by atoms with Crippen LogP contribution in [0.5, 0.6) is 0 Å². The van der Waals surface area contributed by atoms with Crippen molar-refractivity contribution in [3.8, 4) is 11.3 Å². The number of likely N-dealkylation sites (tertiary alicyclic amines) is 2. The van der Waals surface area contributed by atoms with Crippen LogP contribution >= 0.6 is 11.6 Å². The highest BCUT2D eigenvalue weighted by Gasteiger charge is 2.44. The molecule has 0 bridgehead atoms. The highest BCUT2D eigenvalue weighted by atomic mass is 35.5. The fraction of sp³-hybridized carbons (Fsp3) is 0.475. The topological polar surface area (TPSA) is 96.2 Å². The van der Waals surface area contributed by atoms with Gasteiger partial charge in [0.2, 0.25) is 5.91 Å². The van der Waals surface area contributed by atoms with Gasteiger partial charge in [-0.05, 0) is 92.5 Å². The number of benzene rings is 2. The van der Waals surface area contributed by atoms with Crippen LogP contribution in [0.2, 0.25) is 5.02 Å². The molecule has 2 aliphatic heterocycles. The first-order chi connectivity index (χ1) is 24.5. The maximum Gasteiger partial charge on any atom is 0.273 e. The first kappa shape index (κ1) is 34.4. The van der Waals surface area contributed by atoms with E-state index in [0.717, 1.165) is 55.5 Å². The highest BCUT2D eigenvalue weighted by Crippen LogP contribution is 2.47. The average molecular weight is 694 g/mol. The molecule has 1 saturated carbocycles. The van der Waals surface area contributed by atoms with Crippen LogP contribution in [0.25, 0.3) is 11.3 Å². The molecule has 10 heteroatoms. The Morgan fingerprint density at radius 3 is 2.36 bits per heavy atom. The molecular weight excluding hydrogens is 646 g/mol. The Bertz CT molecular complexity index is 1700. The number of nitrogens with zero attached hydrogens (tertiary/aromatic N) is 6.